The molecule has 0 aliphatic carbocycles. The van der Waals surface area contributed by atoms with Crippen LogP contribution in [0.15, 0.2) is 28.9 Å². The van der Waals surface area contributed by atoms with Crippen molar-refractivity contribution in [1.29, 1.82) is 0 Å². The lowest BCUT2D eigenvalue weighted by atomic mass is 10.1. The standard InChI is InChI=1S/C13H17NO2/c1-15-6-2-3-10-4-5-12-11(8-14)9-16-13(12)7-10/h4-5,7,9H,2-3,6,8,14H2,1H3. The number of rotatable bonds is 5. The van der Waals surface area contributed by atoms with Crippen molar-refractivity contribution in [3.63, 3.8) is 0 Å². The zero-order valence-electron chi connectivity index (χ0n) is 9.53. The number of benzene rings is 1. The minimum absolute atomic E-state index is 0.524. The van der Waals surface area contributed by atoms with Gasteiger partial charge in [0.05, 0.1) is 6.26 Å². The first-order valence-corrected chi connectivity index (χ1v) is 5.53. The van der Waals surface area contributed by atoms with Crippen LogP contribution in [0, 0.1) is 0 Å². The maximum Gasteiger partial charge on any atom is 0.134 e. The zero-order valence-corrected chi connectivity index (χ0v) is 9.53. The van der Waals surface area contributed by atoms with Crippen molar-refractivity contribution >= 4 is 11.0 Å². The van der Waals surface area contributed by atoms with Crippen molar-refractivity contribution in [3.8, 4) is 0 Å². The van der Waals surface area contributed by atoms with E-state index in [-0.39, 0.29) is 0 Å². The summed E-state index contributed by atoms with van der Waals surface area (Å²) in [6.45, 7) is 1.32. The fraction of sp³-hybridized carbons (Fsp3) is 0.385. The summed E-state index contributed by atoms with van der Waals surface area (Å²) in [6, 6.07) is 6.31. The van der Waals surface area contributed by atoms with Gasteiger partial charge in [0.1, 0.15) is 5.58 Å². The van der Waals surface area contributed by atoms with E-state index in [4.69, 9.17) is 14.9 Å². The highest BCUT2D eigenvalue weighted by Crippen LogP contribution is 2.22. The minimum Gasteiger partial charge on any atom is -0.464 e. The highest BCUT2D eigenvalue weighted by molar-refractivity contribution is 5.81. The number of ether oxygens (including phenoxy) is 1. The summed E-state index contributed by atoms with van der Waals surface area (Å²) in [4.78, 5) is 0. The monoisotopic (exact) mass is 219 g/mol. The van der Waals surface area contributed by atoms with E-state index in [1.165, 1.54) is 5.56 Å². The molecule has 0 aliphatic rings. The third kappa shape index (κ3) is 2.26. The van der Waals surface area contributed by atoms with Gasteiger partial charge in [-0.3, -0.25) is 0 Å². The molecule has 0 unspecified atom stereocenters. The third-order valence-electron chi connectivity index (χ3n) is 2.75. The van der Waals surface area contributed by atoms with Crippen molar-refractivity contribution in [2.75, 3.05) is 13.7 Å². The lowest BCUT2D eigenvalue weighted by Crippen LogP contribution is -1.94. The number of fused-ring (bicyclic) bond motifs is 1. The highest BCUT2D eigenvalue weighted by atomic mass is 16.5. The second-order valence-electron chi connectivity index (χ2n) is 3.89. The number of hydrogen-bond acceptors (Lipinski definition) is 3. The van der Waals surface area contributed by atoms with E-state index in [0.717, 1.165) is 36.0 Å². The van der Waals surface area contributed by atoms with Crippen molar-refractivity contribution in [2.45, 2.75) is 19.4 Å². The van der Waals surface area contributed by atoms with Crippen molar-refractivity contribution in [1.82, 2.24) is 0 Å². The first-order valence-electron chi connectivity index (χ1n) is 5.53. The summed E-state index contributed by atoms with van der Waals surface area (Å²) in [6.07, 6.45) is 3.79. The van der Waals surface area contributed by atoms with Crippen LogP contribution in [0.5, 0.6) is 0 Å². The van der Waals surface area contributed by atoms with E-state index in [0.29, 0.717) is 6.54 Å². The van der Waals surface area contributed by atoms with Crippen LogP contribution >= 0.6 is 0 Å². The molecule has 0 amide bonds. The topological polar surface area (TPSA) is 48.4 Å². The van der Waals surface area contributed by atoms with Gasteiger partial charge in [-0.05, 0) is 24.5 Å². The molecular formula is C13H17NO2. The summed E-state index contributed by atoms with van der Waals surface area (Å²) in [5.74, 6) is 0. The fourth-order valence-corrected chi connectivity index (χ4v) is 1.86. The SMILES string of the molecule is COCCCc1ccc2c(CN)coc2c1. The number of hydrogen-bond donors (Lipinski definition) is 1. The van der Waals surface area contributed by atoms with Gasteiger partial charge in [0.2, 0.25) is 0 Å². The van der Waals surface area contributed by atoms with Gasteiger partial charge in [-0.25, -0.2) is 0 Å². The largest absolute Gasteiger partial charge is 0.464 e. The average molecular weight is 219 g/mol. The van der Waals surface area contributed by atoms with Crippen LogP contribution in [0.4, 0.5) is 0 Å². The molecule has 3 heteroatoms. The molecule has 86 valence electrons. The van der Waals surface area contributed by atoms with Gasteiger partial charge in [-0.15, -0.1) is 0 Å². The average Bonchev–Trinajstić information content (AvgIpc) is 2.71. The lowest BCUT2D eigenvalue weighted by molar-refractivity contribution is 0.195. The second kappa shape index (κ2) is 5.14. The van der Waals surface area contributed by atoms with E-state index in [1.807, 2.05) is 0 Å². The minimum atomic E-state index is 0.524. The van der Waals surface area contributed by atoms with Crippen molar-refractivity contribution < 1.29 is 9.15 Å². The van der Waals surface area contributed by atoms with E-state index in [2.05, 4.69) is 18.2 Å². The third-order valence-corrected chi connectivity index (χ3v) is 2.75. The molecule has 1 aromatic carbocycles. The molecular weight excluding hydrogens is 202 g/mol. The molecule has 0 aliphatic heterocycles. The summed E-state index contributed by atoms with van der Waals surface area (Å²) < 4.78 is 10.5. The van der Waals surface area contributed by atoms with Crippen LogP contribution < -0.4 is 5.73 Å². The van der Waals surface area contributed by atoms with Gasteiger partial charge in [-0.2, -0.15) is 0 Å². The van der Waals surface area contributed by atoms with E-state index >= 15 is 0 Å². The maximum atomic E-state index is 5.62. The molecule has 0 spiro atoms. The zero-order chi connectivity index (χ0) is 11.4. The number of methoxy groups -OCH3 is 1. The highest BCUT2D eigenvalue weighted by Gasteiger charge is 2.04. The van der Waals surface area contributed by atoms with E-state index < -0.39 is 0 Å². The van der Waals surface area contributed by atoms with Gasteiger partial charge < -0.3 is 14.9 Å². The molecule has 1 heterocycles. The molecule has 2 N–H and O–H groups in total. The Morgan fingerprint density at radius 3 is 3.00 bits per heavy atom. The molecule has 0 bridgehead atoms. The Kier molecular flexibility index (Phi) is 3.59. The van der Waals surface area contributed by atoms with Crippen LogP contribution in [-0.4, -0.2) is 13.7 Å². The van der Waals surface area contributed by atoms with E-state index in [9.17, 15) is 0 Å². The normalized spacial score (nSPS) is 11.1. The van der Waals surface area contributed by atoms with Crippen LogP contribution in [0.1, 0.15) is 17.5 Å². The summed E-state index contributed by atoms with van der Waals surface area (Å²) >= 11 is 0. The Bertz CT molecular complexity index is 462. The Morgan fingerprint density at radius 2 is 2.25 bits per heavy atom. The van der Waals surface area contributed by atoms with Gasteiger partial charge in [0, 0.05) is 31.2 Å². The molecule has 0 saturated carbocycles. The smallest absolute Gasteiger partial charge is 0.134 e. The Morgan fingerprint density at radius 1 is 1.38 bits per heavy atom. The van der Waals surface area contributed by atoms with Crippen LogP contribution in [-0.2, 0) is 17.7 Å². The summed E-state index contributed by atoms with van der Waals surface area (Å²) in [5.41, 5.74) is 8.89. The molecule has 0 saturated heterocycles. The van der Waals surface area contributed by atoms with Gasteiger partial charge in [-0.1, -0.05) is 12.1 Å². The predicted octanol–water partition coefficient (Wildman–Crippen LogP) is 2.47. The lowest BCUT2D eigenvalue weighted by Gasteiger charge is -2.01. The molecule has 0 fully saturated rings. The Balaban J connectivity index is 2.17. The molecule has 3 nitrogen and oxygen atoms in total. The summed E-state index contributed by atoms with van der Waals surface area (Å²) in [5, 5.41) is 1.12. The van der Waals surface area contributed by atoms with Crippen LogP contribution in [0.25, 0.3) is 11.0 Å². The quantitative estimate of drug-likeness (QED) is 0.786. The van der Waals surface area contributed by atoms with Gasteiger partial charge >= 0.3 is 0 Å². The molecule has 16 heavy (non-hydrogen) atoms. The molecule has 2 rings (SSSR count). The molecule has 0 radical (unpaired) electrons. The summed E-state index contributed by atoms with van der Waals surface area (Å²) in [7, 11) is 1.73. The first-order chi connectivity index (χ1) is 7.85. The van der Waals surface area contributed by atoms with Gasteiger partial charge in [0.15, 0.2) is 0 Å². The predicted molar refractivity (Wildman–Crippen MR) is 64.3 cm³/mol. The second-order valence-corrected chi connectivity index (χ2v) is 3.89. The van der Waals surface area contributed by atoms with Crippen molar-refractivity contribution in [2.24, 2.45) is 5.73 Å². The first kappa shape index (κ1) is 11.2. The van der Waals surface area contributed by atoms with Crippen molar-refractivity contribution in [3.05, 3.63) is 35.6 Å². The molecule has 1 aromatic heterocycles. The maximum absolute atomic E-state index is 5.62. The Labute approximate surface area is 95.2 Å². The molecule has 2 aromatic rings. The number of nitrogens with two attached hydrogens (primary N) is 1. The number of aryl methyl sites for hydroxylation is 1. The van der Waals surface area contributed by atoms with Gasteiger partial charge in [0.25, 0.3) is 0 Å². The van der Waals surface area contributed by atoms with E-state index in [1.54, 1.807) is 13.4 Å². The Hall–Kier alpha value is -1.32. The van der Waals surface area contributed by atoms with Crippen LogP contribution in [0.2, 0.25) is 0 Å². The van der Waals surface area contributed by atoms with Crippen LogP contribution in [0.3, 0.4) is 0 Å². The number of furan rings is 1. The fourth-order valence-electron chi connectivity index (χ4n) is 1.86. The molecule has 0 atom stereocenters.